The molecule has 1 aromatic heterocycles. The molecule has 3 nitrogen and oxygen atoms in total. The van der Waals surface area contributed by atoms with E-state index in [0.717, 1.165) is 50.8 Å². The van der Waals surface area contributed by atoms with Gasteiger partial charge in [-0.05, 0) is 64.5 Å². The molecule has 0 aliphatic carbocycles. The Balaban J connectivity index is 1.42. The van der Waals surface area contributed by atoms with Gasteiger partial charge in [0.2, 0.25) is 0 Å². The van der Waals surface area contributed by atoms with Crippen molar-refractivity contribution in [3.8, 4) is 45.4 Å². The first-order valence-corrected chi connectivity index (χ1v) is 11.1. The molecular weight excluding hydrogens is 405 g/mol. The van der Waals surface area contributed by atoms with Crippen molar-refractivity contribution in [1.82, 2.24) is 4.98 Å². The highest BCUT2D eigenvalue weighted by Crippen LogP contribution is 2.38. The van der Waals surface area contributed by atoms with Crippen LogP contribution in [-0.2, 0) is 0 Å². The van der Waals surface area contributed by atoms with Gasteiger partial charge in [-0.15, -0.1) is 0 Å². The van der Waals surface area contributed by atoms with Gasteiger partial charge in [0.15, 0.2) is 0 Å². The smallest absolute Gasteiger partial charge is 0.260 e. The van der Waals surface area contributed by atoms with Gasteiger partial charge in [0.05, 0.1) is 5.69 Å². The standard InChI is InChI=1S/C29H18BNO2/c1-3-13-25-22(10-1)30-23-11-2-4-14-26(23)33-28-18-21(17-27(32-25)29(28)30)19-8-7-9-20(16-19)24-12-5-6-15-31-24/h1-18H. The monoisotopic (exact) mass is 423 g/mol. The molecule has 0 amide bonds. The highest BCUT2D eigenvalue weighted by molar-refractivity contribution is 6.98. The molecule has 5 aromatic rings. The first-order valence-electron chi connectivity index (χ1n) is 11.1. The molecule has 0 fully saturated rings. The van der Waals surface area contributed by atoms with E-state index >= 15 is 0 Å². The van der Waals surface area contributed by atoms with Gasteiger partial charge in [-0.25, -0.2) is 0 Å². The average Bonchev–Trinajstić information content (AvgIpc) is 2.89. The molecule has 2 aliphatic heterocycles. The van der Waals surface area contributed by atoms with Crippen LogP contribution in [0, 0.1) is 0 Å². The van der Waals surface area contributed by atoms with Crippen LogP contribution < -0.4 is 25.9 Å². The lowest BCUT2D eigenvalue weighted by Gasteiger charge is -2.33. The van der Waals surface area contributed by atoms with Crippen LogP contribution in [-0.4, -0.2) is 11.7 Å². The van der Waals surface area contributed by atoms with E-state index in [1.54, 1.807) is 0 Å². The van der Waals surface area contributed by atoms with E-state index in [4.69, 9.17) is 9.47 Å². The normalized spacial score (nSPS) is 12.7. The fourth-order valence-electron chi connectivity index (χ4n) is 4.95. The molecular formula is C29H18BNO2. The van der Waals surface area contributed by atoms with Crippen molar-refractivity contribution in [2.45, 2.75) is 0 Å². The van der Waals surface area contributed by atoms with Crippen molar-refractivity contribution in [3.05, 3.63) is 109 Å². The number of nitrogens with zero attached hydrogens (tertiary/aromatic N) is 1. The summed E-state index contributed by atoms with van der Waals surface area (Å²) in [4.78, 5) is 4.51. The zero-order valence-corrected chi connectivity index (χ0v) is 17.7. The summed E-state index contributed by atoms with van der Waals surface area (Å²) >= 11 is 0. The number of aromatic nitrogens is 1. The minimum atomic E-state index is 0.0961. The Labute approximate surface area is 192 Å². The molecule has 33 heavy (non-hydrogen) atoms. The summed E-state index contributed by atoms with van der Waals surface area (Å²) in [5.41, 5.74) is 7.62. The van der Waals surface area contributed by atoms with E-state index < -0.39 is 0 Å². The van der Waals surface area contributed by atoms with Crippen LogP contribution in [0.15, 0.2) is 109 Å². The van der Waals surface area contributed by atoms with Crippen LogP contribution in [0.2, 0.25) is 0 Å². The lowest BCUT2D eigenvalue weighted by atomic mass is 9.35. The number of rotatable bonds is 2. The summed E-state index contributed by atoms with van der Waals surface area (Å²) in [5, 5.41) is 0. The molecule has 0 bridgehead atoms. The average molecular weight is 423 g/mol. The number of pyridine rings is 1. The maximum Gasteiger partial charge on any atom is 0.260 e. The Bertz CT molecular complexity index is 1460. The van der Waals surface area contributed by atoms with E-state index in [0.29, 0.717) is 0 Å². The number of hydrogen-bond acceptors (Lipinski definition) is 3. The zero-order chi connectivity index (χ0) is 21.8. The summed E-state index contributed by atoms with van der Waals surface area (Å²) in [5.74, 6) is 3.50. The number of para-hydroxylation sites is 2. The van der Waals surface area contributed by atoms with Crippen LogP contribution in [0.1, 0.15) is 0 Å². The van der Waals surface area contributed by atoms with Gasteiger partial charge in [-0.3, -0.25) is 4.98 Å². The van der Waals surface area contributed by atoms with Crippen molar-refractivity contribution in [2.24, 2.45) is 0 Å². The molecule has 0 radical (unpaired) electrons. The van der Waals surface area contributed by atoms with E-state index in [2.05, 4.69) is 65.6 Å². The van der Waals surface area contributed by atoms with Crippen LogP contribution in [0.3, 0.4) is 0 Å². The third kappa shape index (κ3) is 2.88. The Morgan fingerprint density at radius 2 is 1.15 bits per heavy atom. The Morgan fingerprint density at radius 3 is 1.82 bits per heavy atom. The van der Waals surface area contributed by atoms with Gasteiger partial charge in [0.1, 0.15) is 23.0 Å². The van der Waals surface area contributed by atoms with Crippen LogP contribution >= 0.6 is 0 Å². The number of fused-ring (bicyclic) bond motifs is 4. The van der Waals surface area contributed by atoms with Crippen LogP contribution in [0.25, 0.3) is 22.4 Å². The van der Waals surface area contributed by atoms with E-state index in [1.807, 2.05) is 48.7 Å². The molecule has 154 valence electrons. The number of ether oxygens (including phenoxy) is 2. The van der Waals surface area contributed by atoms with Crippen LogP contribution in [0.5, 0.6) is 23.0 Å². The van der Waals surface area contributed by atoms with Gasteiger partial charge in [-0.2, -0.15) is 0 Å². The predicted octanol–water partition coefficient (Wildman–Crippen LogP) is 5.14. The molecule has 2 aliphatic rings. The number of hydrogen-bond donors (Lipinski definition) is 0. The topological polar surface area (TPSA) is 31.4 Å². The van der Waals surface area contributed by atoms with E-state index in [1.165, 1.54) is 10.9 Å². The first kappa shape index (κ1) is 18.3. The van der Waals surface area contributed by atoms with Crippen molar-refractivity contribution < 1.29 is 9.47 Å². The van der Waals surface area contributed by atoms with E-state index in [9.17, 15) is 0 Å². The van der Waals surface area contributed by atoms with Crippen molar-refractivity contribution in [3.63, 3.8) is 0 Å². The van der Waals surface area contributed by atoms with Gasteiger partial charge < -0.3 is 9.47 Å². The molecule has 3 heterocycles. The van der Waals surface area contributed by atoms with Gasteiger partial charge in [-0.1, -0.05) is 60.7 Å². The maximum absolute atomic E-state index is 6.42. The molecule has 0 unspecified atom stereocenters. The Hall–Kier alpha value is -4.31. The van der Waals surface area contributed by atoms with Gasteiger partial charge >= 0.3 is 0 Å². The second-order valence-electron chi connectivity index (χ2n) is 8.39. The predicted molar refractivity (Wildman–Crippen MR) is 133 cm³/mol. The Morgan fingerprint density at radius 1 is 0.515 bits per heavy atom. The van der Waals surface area contributed by atoms with Gasteiger partial charge in [0.25, 0.3) is 6.71 Å². The minimum Gasteiger partial charge on any atom is -0.458 e. The molecule has 4 heteroatoms. The van der Waals surface area contributed by atoms with Gasteiger partial charge in [0, 0.05) is 17.2 Å². The third-order valence-corrected chi connectivity index (χ3v) is 6.45. The molecule has 0 saturated carbocycles. The van der Waals surface area contributed by atoms with E-state index in [-0.39, 0.29) is 6.71 Å². The first-order chi connectivity index (χ1) is 16.3. The fourth-order valence-corrected chi connectivity index (χ4v) is 4.95. The molecule has 4 aromatic carbocycles. The maximum atomic E-state index is 6.42. The quantitative estimate of drug-likeness (QED) is 0.361. The molecule has 0 atom stereocenters. The van der Waals surface area contributed by atoms with Crippen molar-refractivity contribution >= 4 is 23.1 Å². The fraction of sp³-hybridized carbons (Fsp3) is 0. The molecule has 0 saturated heterocycles. The van der Waals surface area contributed by atoms with Crippen molar-refractivity contribution in [2.75, 3.05) is 0 Å². The highest BCUT2D eigenvalue weighted by Gasteiger charge is 2.40. The summed E-state index contributed by atoms with van der Waals surface area (Å²) in [6.45, 7) is 0.0961. The largest absolute Gasteiger partial charge is 0.458 e. The lowest BCUT2D eigenvalue weighted by Crippen LogP contribution is -2.57. The second kappa shape index (κ2) is 7.11. The SMILES string of the molecule is c1ccc(-c2cccc(-c3cc4c5c(c3)Oc3ccccc3B5c3ccccc3O4)c2)nc1. The summed E-state index contributed by atoms with van der Waals surface area (Å²) in [6.07, 6.45) is 1.82. The minimum absolute atomic E-state index is 0.0961. The molecule has 7 rings (SSSR count). The third-order valence-electron chi connectivity index (χ3n) is 6.45. The summed E-state index contributed by atoms with van der Waals surface area (Å²) < 4.78 is 12.8. The number of benzene rings is 4. The van der Waals surface area contributed by atoms with Crippen molar-refractivity contribution in [1.29, 1.82) is 0 Å². The highest BCUT2D eigenvalue weighted by atomic mass is 16.5. The molecule has 0 spiro atoms. The Kier molecular flexibility index (Phi) is 3.94. The van der Waals surface area contributed by atoms with Crippen LogP contribution in [0.4, 0.5) is 0 Å². The second-order valence-corrected chi connectivity index (χ2v) is 8.39. The lowest BCUT2D eigenvalue weighted by molar-refractivity contribution is 0.465. The molecule has 0 N–H and O–H groups in total. The summed E-state index contributed by atoms with van der Waals surface area (Å²) in [7, 11) is 0. The summed E-state index contributed by atoms with van der Waals surface area (Å²) in [6, 6.07) is 35.3. The zero-order valence-electron chi connectivity index (χ0n) is 17.7.